The number of benzene rings is 2. The summed E-state index contributed by atoms with van der Waals surface area (Å²) in [6, 6.07) is 12.6. The highest BCUT2D eigenvalue weighted by Crippen LogP contribution is 2.36. The Balaban J connectivity index is 1.58. The van der Waals surface area contributed by atoms with E-state index >= 15 is 0 Å². The van der Waals surface area contributed by atoms with Crippen LogP contribution in [0.25, 0.3) is 10.6 Å². The molecule has 0 atom stereocenters. The second-order valence-corrected chi connectivity index (χ2v) is 7.94. The van der Waals surface area contributed by atoms with Crippen molar-refractivity contribution < 1.29 is 22.8 Å². The first-order valence-electron chi connectivity index (χ1n) is 9.04. The molecule has 1 aromatic heterocycles. The molecule has 0 saturated heterocycles. The minimum absolute atomic E-state index is 0.00623. The number of hydrogen-bond acceptors (Lipinski definition) is 4. The maximum absolute atomic E-state index is 12.9. The average Bonchev–Trinajstić information content (AvgIpc) is 3.17. The van der Waals surface area contributed by atoms with Crippen molar-refractivity contribution in [2.24, 2.45) is 0 Å². The number of aromatic nitrogens is 1. The molecule has 1 heterocycles. The van der Waals surface area contributed by atoms with E-state index in [-0.39, 0.29) is 24.6 Å². The molecule has 1 N–H and O–H groups in total. The molecule has 31 heavy (non-hydrogen) atoms. The van der Waals surface area contributed by atoms with Crippen molar-refractivity contribution in [3.05, 3.63) is 70.2 Å². The third-order valence-corrected chi connectivity index (χ3v) is 5.54. The van der Waals surface area contributed by atoms with Crippen LogP contribution in [0, 0.1) is 0 Å². The maximum atomic E-state index is 12.9. The van der Waals surface area contributed by atoms with Crippen molar-refractivity contribution in [1.82, 2.24) is 9.88 Å². The maximum Gasteiger partial charge on any atom is 0.417 e. The quantitative estimate of drug-likeness (QED) is 0.547. The number of nitrogens with zero attached hydrogens (tertiary/aromatic N) is 2. The van der Waals surface area contributed by atoms with Crippen molar-refractivity contribution in [3.8, 4) is 10.6 Å². The van der Waals surface area contributed by atoms with E-state index in [9.17, 15) is 22.8 Å². The molecule has 162 valence electrons. The predicted molar refractivity (Wildman–Crippen MR) is 114 cm³/mol. The zero-order valence-electron chi connectivity index (χ0n) is 16.2. The fourth-order valence-electron chi connectivity index (χ4n) is 2.72. The summed E-state index contributed by atoms with van der Waals surface area (Å²) < 4.78 is 38.8. The van der Waals surface area contributed by atoms with Gasteiger partial charge in [-0.1, -0.05) is 41.9 Å². The van der Waals surface area contributed by atoms with Gasteiger partial charge in [-0.2, -0.15) is 13.2 Å². The van der Waals surface area contributed by atoms with Gasteiger partial charge in [-0.05, 0) is 18.2 Å². The van der Waals surface area contributed by atoms with Gasteiger partial charge in [0.15, 0.2) is 0 Å². The minimum atomic E-state index is -4.64. The third-order valence-electron chi connectivity index (χ3n) is 4.27. The molecule has 0 radical (unpaired) electrons. The van der Waals surface area contributed by atoms with Crippen LogP contribution in [0.3, 0.4) is 0 Å². The summed E-state index contributed by atoms with van der Waals surface area (Å²) in [6.45, 7) is -0.321. The van der Waals surface area contributed by atoms with Gasteiger partial charge >= 0.3 is 6.18 Å². The fourth-order valence-corrected chi connectivity index (χ4v) is 3.77. The first kappa shape index (κ1) is 22.8. The molecule has 0 spiro atoms. The molecular formula is C21H17ClF3N3O2S. The molecule has 2 amide bonds. The molecule has 10 heteroatoms. The van der Waals surface area contributed by atoms with Gasteiger partial charge in [-0.25, -0.2) is 4.98 Å². The van der Waals surface area contributed by atoms with Gasteiger partial charge in [0, 0.05) is 23.7 Å². The Morgan fingerprint density at radius 3 is 2.55 bits per heavy atom. The number of halogens is 4. The van der Waals surface area contributed by atoms with Crippen molar-refractivity contribution in [2.75, 3.05) is 18.9 Å². The van der Waals surface area contributed by atoms with Crippen molar-refractivity contribution in [2.45, 2.75) is 12.6 Å². The standard InChI is InChI=1S/C21H17ClF3N3O2S/c1-28(11-18(29)26-14-7-8-17(22)16(9-14)21(23,24)25)19(30)10-15-12-31-20(27-15)13-5-3-2-4-6-13/h2-9,12H,10-11H2,1H3,(H,26,29). The van der Waals surface area contributed by atoms with Gasteiger partial charge in [-0.15, -0.1) is 11.3 Å². The first-order valence-corrected chi connectivity index (χ1v) is 10.3. The molecule has 3 aromatic rings. The normalized spacial score (nSPS) is 11.3. The molecule has 0 saturated carbocycles. The molecule has 5 nitrogen and oxygen atoms in total. The van der Waals surface area contributed by atoms with Crippen LogP contribution in [0.15, 0.2) is 53.9 Å². The number of alkyl halides is 3. The number of likely N-dealkylation sites (N-methyl/N-ethyl adjacent to an activating group) is 1. The number of anilines is 1. The lowest BCUT2D eigenvalue weighted by molar-refractivity contribution is -0.137. The number of carbonyl (C=O) groups is 2. The smallest absolute Gasteiger partial charge is 0.336 e. The molecule has 3 rings (SSSR count). The van der Waals surface area contributed by atoms with Crippen LogP contribution in [-0.4, -0.2) is 35.3 Å². The van der Waals surface area contributed by atoms with Crippen molar-refractivity contribution in [3.63, 3.8) is 0 Å². The zero-order valence-corrected chi connectivity index (χ0v) is 17.8. The first-order chi connectivity index (χ1) is 14.6. The fraction of sp³-hybridized carbons (Fsp3) is 0.190. The summed E-state index contributed by atoms with van der Waals surface area (Å²) in [5.74, 6) is -0.971. The molecule has 0 unspecified atom stereocenters. The van der Waals surface area contributed by atoms with Gasteiger partial charge in [0.1, 0.15) is 5.01 Å². The second kappa shape index (κ2) is 9.49. The summed E-state index contributed by atoms with van der Waals surface area (Å²) in [6.07, 6.45) is -4.64. The van der Waals surface area contributed by atoms with Crippen LogP contribution < -0.4 is 5.32 Å². The van der Waals surface area contributed by atoms with Gasteiger partial charge < -0.3 is 10.2 Å². The number of thiazole rings is 1. The van der Waals surface area contributed by atoms with Crippen LogP contribution >= 0.6 is 22.9 Å². The number of rotatable bonds is 6. The molecule has 0 aliphatic carbocycles. The lowest BCUT2D eigenvalue weighted by atomic mass is 10.2. The van der Waals surface area contributed by atoms with Crippen LogP contribution in [0.5, 0.6) is 0 Å². The summed E-state index contributed by atoms with van der Waals surface area (Å²) in [4.78, 5) is 30.2. The average molecular weight is 468 g/mol. The van der Waals surface area contributed by atoms with E-state index in [1.54, 1.807) is 5.38 Å². The number of amides is 2. The van der Waals surface area contributed by atoms with E-state index in [2.05, 4.69) is 10.3 Å². The van der Waals surface area contributed by atoms with E-state index in [1.807, 2.05) is 30.3 Å². The van der Waals surface area contributed by atoms with E-state index in [0.29, 0.717) is 5.69 Å². The molecule has 0 aliphatic rings. The number of nitrogens with one attached hydrogen (secondary N) is 1. The van der Waals surface area contributed by atoms with Gasteiger partial charge in [0.05, 0.1) is 29.2 Å². The van der Waals surface area contributed by atoms with Gasteiger partial charge in [0.25, 0.3) is 0 Å². The van der Waals surface area contributed by atoms with Crippen molar-refractivity contribution >= 4 is 40.4 Å². The summed E-state index contributed by atoms with van der Waals surface area (Å²) >= 11 is 6.98. The second-order valence-electron chi connectivity index (χ2n) is 6.68. The molecular weight excluding hydrogens is 451 g/mol. The van der Waals surface area contributed by atoms with E-state index in [4.69, 9.17) is 11.6 Å². The number of hydrogen-bond donors (Lipinski definition) is 1. The Hall–Kier alpha value is -2.91. The summed E-state index contributed by atoms with van der Waals surface area (Å²) in [5, 5.41) is 4.45. The Morgan fingerprint density at radius 1 is 1.16 bits per heavy atom. The molecule has 2 aromatic carbocycles. The van der Waals surface area contributed by atoms with Crippen molar-refractivity contribution in [1.29, 1.82) is 0 Å². The Morgan fingerprint density at radius 2 is 1.87 bits per heavy atom. The summed E-state index contributed by atoms with van der Waals surface area (Å²) in [5.41, 5.74) is 0.414. The lowest BCUT2D eigenvalue weighted by Crippen LogP contribution is -2.35. The minimum Gasteiger partial charge on any atom is -0.336 e. The highest BCUT2D eigenvalue weighted by atomic mass is 35.5. The van der Waals surface area contributed by atoms with E-state index in [1.165, 1.54) is 29.4 Å². The van der Waals surface area contributed by atoms with Crippen LogP contribution in [-0.2, 0) is 22.2 Å². The van der Waals surface area contributed by atoms with Crippen LogP contribution in [0.4, 0.5) is 18.9 Å². The third kappa shape index (κ3) is 6.05. The number of carbonyl (C=O) groups excluding carboxylic acids is 2. The Bertz CT molecular complexity index is 1090. The molecule has 0 aliphatic heterocycles. The monoisotopic (exact) mass is 467 g/mol. The molecule has 0 fully saturated rings. The van der Waals surface area contributed by atoms with E-state index < -0.39 is 22.7 Å². The SMILES string of the molecule is CN(CC(=O)Nc1ccc(Cl)c(C(F)(F)F)c1)C(=O)Cc1csc(-c2ccccc2)n1. The van der Waals surface area contributed by atoms with Gasteiger partial charge in [0.2, 0.25) is 11.8 Å². The highest BCUT2D eigenvalue weighted by Gasteiger charge is 2.33. The summed E-state index contributed by atoms with van der Waals surface area (Å²) in [7, 11) is 1.44. The van der Waals surface area contributed by atoms with E-state index in [0.717, 1.165) is 22.7 Å². The topological polar surface area (TPSA) is 62.3 Å². The Kier molecular flexibility index (Phi) is 6.97. The van der Waals surface area contributed by atoms with Crippen LogP contribution in [0.2, 0.25) is 5.02 Å². The predicted octanol–water partition coefficient (Wildman–Crippen LogP) is 5.12. The van der Waals surface area contributed by atoms with Crippen LogP contribution in [0.1, 0.15) is 11.3 Å². The molecule has 0 bridgehead atoms. The highest BCUT2D eigenvalue weighted by molar-refractivity contribution is 7.13. The van der Waals surface area contributed by atoms with Gasteiger partial charge in [-0.3, -0.25) is 9.59 Å². The largest absolute Gasteiger partial charge is 0.417 e. The zero-order chi connectivity index (χ0) is 22.6. The Labute approximate surface area is 185 Å². The lowest BCUT2D eigenvalue weighted by Gasteiger charge is -2.17.